The van der Waals surface area contributed by atoms with Crippen molar-refractivity contribution in [3.05, 3.63) is 59.7 Å². The second kappa shape index (κ2) is 7.24. The minimum atomic E-state index is -2.81. The molecule has 2 aromatic rings. The molecule has 0 aliphatic heterocycles. The first-order valence-electron chi connectivity index (χ1n) is 7.21. The van der Waals surface area contributed by atoms with Crippen LogP contribution < -0.4 is 15.9 Å². The molecule has 124 valence electrons. The standard InChI is InChI=1S/C18H13FN4O2/c1-18(19,16(24)22-14-6-2-12(10-20)3-7-14)17(25)23-15-8-4-13(11-21)5-9-15/h2-9H,1H3,(H,22,24)(H,23,25)/p+1. The van der Waals surface area contributed by atoms with Crippen molar-refractivity contribution in [1.29, 1.82) is 5.26 Å². The van der Waals surface area contributed by atoms with Gasteiger partial charge in [0.1, 0.15) is 5.56 Å². The van der Waals surface area contributed by atoms with Crippen molar-refractivity contribution in [3.63, 3.8) is 0 Å². The van der Waals surface area contributed by atoms with Gasteiger partial charge in [0.05, 0.1) is 11.6 Å². The van der Waals surface area contributed by atoms with E-state index in [0.29, 0.717) is 16.8 Å². The Hall–Kier alpha value is -3.71. The molecule has 1 atom stereocenters. The van der Waals surface area contributed by atoms with Crippen LogP contribution in [0.2, 0.25) is 0 Å². The lowest BCUT2D eigenvalue weighted by Gasteiger charge is -2.19. The highest BCUT2D eigenvalue weighted by Gasteiger charge is 2.41. The van der Waals surface area contributed by atoms with Gasteiger partial charge in [0, 0.05) is 11.4 Å². The van der Waals surface area contributed by atoms with E-state index in [-0.39, 0.29) is 5.69 Å². The molecule has 2 rings (SSSR count). The molecular weight excluding hydrogens is 323 g/mol. The normalized spacial score (nSPS) is 12.2. The highest BCUT2D eigenvalue weighted by atomic mass is 19.1. The number of carbonyl (C=O) groups is 2. The van der Waals surface area contributed by atoms with Crippen LogP contribution in [0.15, 0.2) is 48.5 Å². The zero-order chi connectivity index (χ0) is 18.4. The van der Waals surface area contributed by atoms with Crippen LogP contribution in [0.3, 0.4) is 0 Å². The highest BCUT2D eigenvalue weighted by molar-refractivity contribution is 6.17. The minimum Gasteiger partial charge on any atom is -0.323 e. The first-order valence-corrected chi connectivity index (χ1v) is 7.21. The van der Waals surface area contributed by atoms with E-state index in [1.165, 1.54) is 48.5 Å². The zero-order valence-electron chi connectivity index (χ0n) is 13.3. The number of hydrogen-bond acceptors (Lipinski definition) is 3. The van der Waals surface area contributed by atoms with Gasteiger partial charge in [0.25, 0.3) is 17.5 Å². The Balaban J connectivity index is 2.06. The molecule has 0 saturated heterocycles. The van der Waals surface area contributed by atoms with Gasteiger partial charge in [0.15, 0.2) is 0 Å². The van der Waals surface area contributed by atoms with Gasteiger partial charge >= 0.3 is 6.07 Å². The molecule has 2 amide bonds. The number of amides is 2. The summed E-state index contributed by atoms with van der Waals surface area (Å²) < 4.78 is 14.6. The fourth-order valence-corrected chi connectivity index (χ4v) is 1.87. The monoisotopic (exact) mass is 337 g/mol. The number of halogens is 1. The predicted octanol–water partition coefficient (Wildman–Crippen LogP) is 0.984. The van der Waals surface area contributed by atoms with E-state index < -0.39 is 17.5 Å². The molecule has 6 nitrogen and oxygen atoms in total. The highest BCUT2D eigenvalue weighted by Crippen LogP contribution is 2.19. The number of benzene rings is 2. The molecule has 0 bridgehead atoms. The average molecular weight is 337 g/mol. The Morgan fingerprint density at radius 1 is 0.960 bits per heavy atom. The number of alkyl halides is 1. The maximum absolute atomic E-state index is 14.6. The summed E-state index contributed by atoms with van der Waals surface area (Å²) in [6, 6.07) is 15.9. The number of nitriles is 1. The first-order chi connectivity index (χ1) is 11.9. The van der Waals surface area contributed by atoms with Crippen molar-refractivity contribution >= 4 is 23.2 Å². The third-order valence-electron chi connectivity index (χ3n) is 3.41. The van der Waals surface area contributed by atoms with E-state index in [0.717, 1.165) is 6.92 Å². The van der Waals surface area contributed by atoms with Crippen LogP contribution in [0.1, 0.15) is 18.1 Å². The third-order valence-corrected chi connectivity index (χ3v) is 3.41. The summed E-state index contributed by atoms with van der Waals surface area (Å²) in [5, 5.41) is 20.3. The largest absolute Gasteiger partial charge is 0.323 e. The number of anilines is 2. The lowest BCUT2D eigenvalue weighted by atomic mass is 10.1. The summed E-state index contributed by atoms with van der Waals surface area (Å²) in [5.41, 5.74) is -1.35. The second-order valence-corrected chi connectivity index (χ2v) is 5.30. The number of nitrogens with zero attached hydrogens (tertiary/aromatic N) is 1. The average Bonchev–Trinajstić information content (AvgIpc) is 2.62. The topological polar surface area (TPSA) is 106 Å². The van der Waals surface area contributed by atoms with Crippen molar-refractivity contribution in [2.75, 3.05) is 10.6 Å². The van der Waals surface area contributed by atoms with Crippen LogP contribution in [0.5, 0.6) is 0 Å². The van der Waals surface area contributed by atoms with Crippen LogP contribution in [0.4, 0.5) is 15.8 Å². The molecule has 0 radical (unpaired) electrons. The molecule has 25 heavy (non-hydrogen) atoms. The molecule has 0 aromatic heterocycles. The van der Waals surface area contributed by atoms with Crippen LogP contribution in [-0.2, 0) is 9.59 Å². The van der Waals surface area contributed by atoms with Gasteiger partial charge in [0.2, 0.25) is 0 Å². The molecule has 2 aromatic carbocycles. The van der Waals surface area contributed by atoms with E-state index in [1.807, 2.05) is 6.07 Å². The molecular formula is C18H14FN4O2+. The van der Waals surface area contributed by atoms with E-state index in [1.54, 1.807) is 0 Å². The molecule has 3 N–H and O–H groups in total. The van der Waals surface area contributed by atoms with Crippen LogP contribution >= 0.6 is 0 Å². The van der Waals surface area contributed by atoms with Crippen molar-refractivity contribution in [1.82, 2.24) is 0 Å². The van der Waals surface area contributed by atoms with Gasteiger partial charge in [-0.25, -0.2) is 4.39 Å². The Morgan fingerprint density at radius 3 is 1.72 bits per heavy atom. The van der Waals surface area contributed by atoms with Gasteiger partial charge < -0.3 is 10.6 Å². The molecule has 0 spiro atoms. The van der Waals surface area contributed by atoms with Crippen molar-refractivity contribution in [3.8, 4) is 12.1 Å². The van der Waals surface area contributed by atoms with Crippen LogP contribution in [-0.4, -0.2) is 17.5 Å². The second-order valence-electron chi connectivity index (χ2n) is 5.30. The van der Waals surface area contributed by atoms with Crippen LogP contribution in [0, 0.1) is 17.4 Å². The molecule has 0 saturated carbocycles. The third kappa shape index (κ3) is 4.18. The minimum absolute atomic E-state index is 0.270. The quantitative estimate of drug-likeness (QED) is 0.724. The van der Waals surface area contributed by atoms with Gasteiger partial charge in [-0.05, 0) is 55.5 Å². The Bertz CT molecular complexity index is 802. The fourth-order valence-electron chi connectivity index (χ4n) is 1.87. The summed E-state index contributed by atoms with van der Waals surface area (Å²) in [7, 11) is 0. The van der Waals surface area contributed by atoms with Gasteiger partial charge in [-0.3, -0.25) is 9.59 Å². The first kappa shape index (κ1) is 17.6. The SMILES string of the molecule is CC(F)(C(=O)Nc1ccc(C#N)cc1)C(=O)Nc1ccc(C#[NH+])cc1. The summed E-state index contributed by atoms with van der Waals surface area (Å²) in [4.78, 5) is 24.2. The summed E-state index contributed by atoms with van der Waals surface area (Å²) in [6.45, 7) is 0.862. The van der Waals surface area contributed by atoms with Crippen molar-refractivity contribution in [2.24, 2.45) is 0 Å². The maximum Gasteiger partial charge on any atom is 0.308 e. The Kier molecular flexibility index (Phi) is 5.11. The van der Waals surface area contributed by atoms with Gasteiger partial charge in [-0.15, -0.1) is 0 Å². The molecule has 1 unspecified atom stereocenters. The molecule has 7 heteroatoms. The number of hydrogen-bond donors (Lipinski definition) is 3. The molecule has 0 fully saturated rings. The smallest absolute Gasteiger partial charge is 0.308 e. The fraction of sp³-hybridized carbons (Fsp3) is 0.111. The van der Waals surface area contributed by atoms with Gasteiger partial charge in [-0.2, -0.15) is 5.26 Å². The molecule has 0 aliphatic rings. The molecule has 0 heterocycles. The number of nitrogens with one attached hydrogen (secondary N) is 3. The Labute approximate surface area is 143 Å². The lowest BCUT2D eigenvalue weighted by Crippen LogP contribution is -2.46. The number of rotatable bonds is 4. The van der Waals surface area contributed by atoms with Gasteiger partial charge in [-0.1, -0.05) is 5.26 Å². The van der Waals surface area contributed by atoms with Crippen molar-refractivity contribution < 1.29 is 19.2 Å². The molecule has 0 aliphatic carbocycles. The van der Waals surface area contributed by atoms with Crippen molar-refractivity contribution in [2.45, 2.75) is 12.6 Å². The predicted molar refractivity (Wildman–Crippen MR) is 88.3 cm³/mol. The van der Waals surface area contributed by atoms with E-state index in [4.69, 9.17) is 10.5 Å². The van der Waals surface area contributed by atoms with E-state index in [2.05, 4.69) is 16.7 Å². The lowest BCUT2D eigenvalue weighted by molar-refractivity contribution is -0.138. The van der Waals surface area contributed by atoms with Crippen LogP contribution in [0.25, 0.3) is 0 Å². The maximum atomic E-state index is 14.6. The van der Waals surface area contributed by atoms with E-state index in [9.17, 15) is 14.0 Å². The summed E-state index contributed by atoms with van der Waals surface area (Å²) in [5.74, 6) is -2.25. The van der Waals surface area contributed by atoms with E-state index >= 15 is 0 Å². The zero-order valence-corrected chi connectivity index (χ0v) is 13.3. The summed E-state index contributed by atoms with van der Waals surface area (Å²) >= 11 is 0. The summed E-state index contributed by atoms with van der Waals surface area (Å²) in [6.07, 6.45) is 0. The number of carbonyl (C=O) groups excluding carboxylic acids is 2. The Morgan fingerprint density at radius 2 is 1.36 bits per heavy atom.